The average Bonchev–Trinajstić information content (AvgIpc) is 2.29. The first kappa shape index (κ1) is 14.7. The third-order valence-corrected chi connectivity index (χ3v) is 2.79. The zero-order valence-corrected chi connectivity index (χ0v) is 10.1. The van der Waals surface area contributed by atoms with E-state index in [4.69, 9.17) is 4.79 Å². The van der Waals surface area contributed by atoms with Gasteiger partial charge in [-0.2, -0.15) is 0 Å². The minimum atomic E-state index is 0.155. The summed E-state index contributed by atoms with van der Waals surface area (Å²) in [6.07, 6.45) is 1.74. The normalized spacial score (nSPS) is 9.06. The molecule has 3 nitrogen and oxygen atoms in total. The van der Waals surface area contributed by atoms with Crippen LogP contribution in [-0.2, 0) is 16.0 Å². The lowest BCUT2D eigenvalue weighted by molar-refractivity contribution is -0.109. The number of benzene rings is 1. The van der Waals surface area contributed by atoms with Gasteiger partial charge in [0.15, 0.2) is 5.12 Å². The Labute approximate surface area is 99.9 Å². The van der Waals surface area contributed by atoms with Crippen LogP contribution in [0.5, 0.6) is 5.75 Å². The number of carbonyl (C=O) groups is 2. The molecular formula is C12H16O3S. The van der Waals surface area contributed by atoms with Crippen molar-refractivity contribution >= 4 is 23.7 Å². The first-order valence-electron chi connectivity index (χ1n) is 4.89. The third kappa shape index (κ3) is 6.24. The van der Waals surface area contributed by atoms with Crippen molar-refractivity contribution in [2.75, 3.05) is 5.75 Å². The topological polar surface area (TPSA) is 54.4 Å². The maximum atomic E-state index is 10.6. The molecule has 0 aliphatic carbocycles. The molecule has 1 aromatic carbocycles. The van der Waals surface area contributed by atoms with Crippen LogP contribution in [0.3, 0.4) is 0 Å². The highest BCUT2D eigenvalue weighted by molar-refractivity contribution is 8.13. The van der Waals surface area contributed by atoms with Crippen molar-refractivity contribution in [2.45, 2.75) is 19.8 Å². The fourth-order valence-corrected chi connectivity index (χ4v) is 1.78. The molecule has 1 aromatic rings. The van der Waals surface area contributed by atoms with Crippen LogP contribution in [0, 0.1) is 0 Å². The summed E-state index contributed by atoms with van der Waals surface area (Å²) in [5.41, 5.74) is 0.955. The molecule has 0 aromatic heterocycles. The molecule has 0 saturated heterocycles. The number of hydrogen-bond acceptors (Lipinski definition) is 4. The lowest BCUT2D eigenvalue weighted by Crippen LogP contribution is -1.90. The maximum absolute atomic E-state index is 10.6. The van der Waals surface area contributed by atoms with Crippen molar-refractivity contribution in [3.8, 4) is 5.75 Å². The van der Waals surface area contributed by atoms with Gasteiger partial charge in [0.2, 0.25) is 0 Å². The second-order valence-corrected chi connectivity index (χ2v) is 4.34. The highest BCUT2D eigenvalue weighted by Crippen LogP contribution is 2.18. The van der Waals surface area contributed by atoms with E-state index in [-0.39, 0.29) is 5.12 Å². The van der Waals surface area contributed by atoms with Gasteiger partial charge in [0.05, 0.1) is 0 Å². The van der Waals surface area contributed by atoms with Gasteiger partial charge < -0.3 is 9.90 Å². The van der Waals surface area contributed by atoms with Crippen molar-refractivity contribution in [1.82, 2.24) is 0 Å². The van der Waals surface area contributed by atoms with Gasteiger partial charge in [-0.25, -0.2) is 0 Å². The van der Waals surface area contributed by atoms with Gasteiger partial charge in [0, 0.05) is 12.7 Å². The van der Waals surface area contributed by atoms with Crippen molar-refractivity contribution in [1.29, 1.82) is 0 Å². The van der Waals surface area contributed by atoms with Crippen LogP contribution < -0.4 is 0 Å². The fraction of sp³-hybridized carbons (Fsp3) is 0.333. The molecule has 16 heavy (non-hydrogen) atoms. The molecule has 1 N–H and O–H groups in total. The minimum absolute atomic E-state index is 0.155. The van der Waals surface area contributed by atoms with E-state index in [0.717, 1.165) is 24.2 Å². The van der Waals surface area contributed by atoms with Gasteiger partial charge in [0.1, 0.15) is 12.5 Å². The van der Waals surface area contributed by atoms with Gasteiger partial charge in [-0.15, -0.1) is 0 Å². The van der Waals surface area contributed by atoms with Crippen molar-refractivity contribution in [3.63, 3.8) is 0 Å². The number of carbonyl (C=O) groups excluding carboxylic acids is 2. The van der Waals surface area contributed by atoms with E-state index in [0.29, 0.717) is 5.75 Å². The lowest BCUT2D eigenvalue weighted by atomic mass is 10.1. The molecule has 0 fully saturated rings. The second-order valence-electron chi connectivity index (χ2n) is 3.07. The summed E-state index contributed by atoms with van der Waals surface area (Å²) in [6.45, 7) is 3.57. The Kier molecular flexibility index (Phi) is 8.25. The van der Waals surface area contributed by atoms with Crippen LogP contribution >= 0.6 is 11.8 Å². The maximum Gasteiger partial charge on any atom is 0.185 e. The third-order valence-electron chi connectivity index (χ3n) is 1.89. The summed E-state index contributed by atoms with van der Waals surface area (Å²) < 4.78 is 0. The Balaban J connectivity index is 0.00000106. The van der Waals surface area contributed by atoms with Crippen LogP contribution in [0.2, 0.25) is 0 Å². The molecule has 1 rings (SSSR count). The molecule has 0 saturated carbocycles. The summed E-state index contributed by atoms with van der Waals surface area (Å²) >= 11 is 1.34. The van der Waals surface area contributed by atoms with E-state index in [9.17, 15) is 9.90 Å². The SMILES string of the molecule is C=O.CC(=O)SCCCc1ccccc1O. The molecule has 0 radical (unpaired) electrons. The Bertz CT molecular complexity index is 326. The van der Waals surface area contributed by atoms with Crippen molar-refractivity contribution in [3.05, 3.63) is 29.8 Å². The first-order valence-corrected chi connectivity index (χ1v) is 5.88. The number of rotatable bonds is 4. The summed E-state index contributed by atoms with van der Waals surface area (Å²) in [5, 5.41) is 9.60. The Hall–Kier alpha value is -1.29. The van der Waals surface area contributed by atoms with Crippen LogP contribution in [0.4, 0.5) is 0 Å². The number of thioether (sulfide) groups is 1. The van der Waals surface area contributed by atoms with Crippen LogP contribution in [0.25, 0.3) is 0 Å². The molecule has 0 unspecified atom stereocenters. The standard InChI is InChI=1S/C11H14O2S.CH2O/c1-9(12)14-8-4-6-10-5-2-3-7-11(10)13;1-2/h2-3,5,7,13H,4,6,8H2,1H3;1H2. The van der Waals surface area contributed by atoms with Crippen LogP contribution in [0.15, 0.2) is 24.3 Å². The van der Waals surface area contributed by atoms with Gasteiger partial charge in [-0.05, 0) is 24.5 Å². The molecule has 0 spiro atoms. The van der Waals surface area contributed by atoms with Gasteiger partial charge in [-0.1, -0.05) is 30.0 Å². The second kappa shape index (κ2) is 8.97. The largest absolute Gasteiger partial charge is 0.508 e. The Morgan fingerprint density at radius 2 is 2.00 bits per heavy atom. The highest BCUT2D eigenvalue weighted by Gasteiger charge is 2.00. The number of hydrogen-bond donors (Lipinski definition) is 1. The molecular weight excluding hydrogens is 224 g/mol. The minimum Gasteiger partial charge on any atom is -0.508 e. The zero-order valence-electron chi connectivity index (χ0n) is 9.31. The smallest absolute Gasteiger partial charge is 0.185 e. The fourth-order valence-electron chi connectivity index (χ4n) is 1.20. The summed E-state index contributed by atoms with van der Waals surface area (Å²) in [6, 6.07) is 7.32. The van der Waals surface area contributed by atoms with E-state index in [1.165, 1.54) is 11.8 Å². The number of para-hydroxylation sites is 1. The van der Waals surface area contributed by atoms with E-state index >= 15 is 0 Å². The van der Waals surface area contributed by atoms with E-state index in [1.807, 2.05) is 25.0 Å². The summed E-state index contributed by atoms with van der Waals surface area (Å²) in [7, 11) is 0. The van der Waals surface area contributed by atoms with Crippen LogP contribution in [-0.4, -0.2) is 22.8 Å². The van der Waals surface area contributed by atoms with Gasteiger partial charge in [-0.3, -0.25) is 4.79 Å². The first-order chi connectivity index (χ1) is 7.70. The molecule has 0 heterocycles. The predicted octanol–water partition coefficient (Wildman–Crippen LogP) is 2.42. The monoisotopic (exact) mass is 240 g/mol. The number of aromatic hydroxyl groups is 1. The molecule has 0 bridgehead atoms. The van der Waals surface area contributed by atoms with E-state index in [1.54, 1.807) is 13.0 Å². The molecule has 0 amide bonds. The van der Waals surface area contributed by atoms with Crippen molar-refractivity contribution < 1.29 is 14.7 Å². The number of phenols is 1. The molecule has 0 atom stereocenters. The predicted molar refractivity (Wildman–Crippen MR) is 66.7 cm³/mol. The van der Waals surface area contributed by atoms with E-state index in [2.05, 4.69) is 0 Å². The van der Waals surface area contributed by atoms with Crippen molar-refractivity contribution in [2.24, 2.45) is 0 Å². The highest BCUT2D eigenvalue weighted by atomic mass is 32.2. The molecule has 88 valence electrons. The molecule has 0 aliphatic rings. The number of phenolic OH excluding ortho intramolecular Hbond substituents is 1. The lowest BCUT2D eigenvalue weighted by Gasteiger charge is -2.02. The Morgan fingerprint density at radius 3 is 2.56 bits per heavy atom. The van der Waals surface area contributed by atoms with Gasteiger partial charge >= 0.3 is 0 Å². The summed E-state index contributed by atoms with van der Waals surface area (Å²) in [4.78, 5) is 18.6. The summed E-state index contributed by atoms with van der Waals surface area (Å²) in [5.74, 6) is 1.17. The zero-order chi connectivity index (χ0) is 12.4. The number of aryl methyl sites for hydroxylation is 1. The quantitative estimate of drug-likeness (QED) is 0.821. The van der Waals surface area contributed by atoms with Crippen LogP contribution in [0.1, 0.15) is 18.9 Å². The molecule has 0 aliphatic heterocycles. The van der Waals surface area contributed by atoms with E-state index < -0.39 is 0 Å². The van der Waals surface area contributed by atoms with Gasteiger partial charge in [0.25, 0.3) is 0 Å². The average molecular weight is 240 g/mol. The molecule has 4 heteroatoms. The Morgan fingerprint density at radius 1 is 1.38 bits per heavy atom.